The number of nitrogens with zero attached hydrogens (tertiary/aromatic N) is 2. The lowest BCUT2D eigenvalue weighted by Gasteiger charge is -2.18. The van der Waals surface area contributed by atoms with Crippen LogP contribution in [-0.2, 0) is 80.9 Å². The van der Waals surface area contributed by atoms with Crippen molar-refractivity contribution >= 4 is 70.6 Å². The van der Waals surface area contributed by atoms with E-state index in [1.807, 2.05) is 84.9 Å². The van der Waals surface area contributed by atoms with Gasteiger partial charge >= 0.3 is 11.9 Å². The molecule has 0 aliphatic carbocycles. The third-order valence-electron chi connectivity index (χ3n) is 14.3. The van der Waals surface area contributed by atoms with Gasteiger partial charge in [0, 0.05) is 88.1 Å². The van der Waals surface area contributed by atoms with Crippen molar-refractivity contribution in [3.63, 3.8) is 0 Å². The highest BCUT2D eigenvalue weighted by atomic mass is 35.5. The van der Waals surface area contributed by atoms with Crippen molar-refractivity contribution in [2.75, 3.05) is 26.2 Å². The molecule has 8 rings (SSSR count). The van der Waals surface area contributed by atoms with Gasteiger partial charge in [0.15, 0.2) is 0 Å². The van der Waals surface area contributed by atoms with Crippen LogP contribution >= 0.6 is 23.2 Å². The summed E-state index contributed by atoms with van der Waals surface area (Å²) in [7, 11) is 0. The van der Waals surface area contributed by atoms with Crippen molar-refractivity contribution in [3.8, 4) is 0 Å². The molecule has 0 atom stereocenters. The highest BCUT2D eigenvalue weighted by Crippen LogP contribution is 2.30. The lowest BCUT2D eigenvalue weighted by molar-refractivity contribution is -0.146. The number of halogens is 2. The molecule has 0 saturated heterocycles. The molecule has 2 heterocycles. The van der Waals surface area contributed by atoms with Crippen LogP contribution in [0.2, 0.25) is 10.0 Å². The van der Waals surface area contributed by atoms with E-state index in [0.29, 0.717) is 70.8 Å². The number of rotatable bonds is 27. The molecule has 16 nitrogen and oxygen atoms in total. The van der Waals surface area contributed by atoms with Gasteiger partial charge in [0.1, 0.15) is 13.2 Å². The normalized spacial score (nSPS) is 12.2. The predicted octanol–water partition coefficient (Wildman–Crippen LogP) is 9.39. The second kappa shape index (κ2) is 29.9. The largest absolute Gasteiger partial charge is 0.461 e. The van der Waals surface area contributed by atoms with Gasteiger partial charge in [-0.3, -0.25) is 38.4 Å². The van der Waals surface area contributed by atoms with Gasteiger partial charge in [-0.15, -0.1) is 0 Å². The first-order valence-corrected chi connectivity index (χ1v) is 28.4. The fourth-order valence-electron chi connectivity index (χ4n) is 9.67. The number of esters is 2. The van der Waals surface area contributed by atoms with E-state index in [2.05, 4.69) is 21.3 Å². The molecule has 6 amide bonds. The summed E-state index contributed by atoms with van der Waals surface area (Å²) in [6, 6.07) is 40.0. The molecule has 18 heteroatoms. The smallest absolute Gasteiger partial charge is 0.306 e. The van der Waals surface area contributed by atoms with Crippen molar-refractivity contribution in [2.45, 2.75) is 104 Å². The Morgan fingerprint density at radius 2 is 0.695 bits per heavy atom. The maximum atomic E-state index is 13.9. The van der Waals surface area contributed by atoms with Gasteiger partial charge in [-0.05, 0) is 132 Å². The molecule has 0 fully saturated rings. The standard InChI is InChI=1S/C64H66Cl2N6O10/c65-51-21-17-43(18-22-51)27-31-69-63(79)55-35-49-39-71(37-47(49)33-53(55)61(77)67-29-9-7-15-59(75)81-41-45-11-3-1-4-12-45)57(73)25-26-58(74)72-38-48-34-54(62(78)68-30-10-8-16-60(76)82-42-46-13-5-2-6-14-46)56(36-50(48)40-72)64(80)70-32-28-44-19-23-52(66)24-20-44/h1-6,11-14,17-24,33-36H,7-10,15-16,25-32,37-42H2,(H,67,77)(H,68,78)(H,69,79)(H,70,80). The molecule has 0 aromatic heterocycles. The van der Waals surface area contributed by atoms with Crippen LogP contribution in [-0.4, -0.2) is 83.4 Å². The van der Waals surface area contributed by atoms with E-state index in [1.54, 1.807) is 58.3 Å². The van der Waals surface area contributed by atoms with Crippen LogP contribution in [0.15, 0.2) is 133 Å². The van der Waals surface area contributed by atoms with Crippen molar-refractivity contribution in [3.05, 3.63) is 210 Å². The molecular formula is C64H66Cl2N6O10. The fourth-order valence-corrected chi connectivity index (χ4v) is 9.92. The van der Waals surface area contributed by atoms with Crippen molar-refractivity contribution in [1.82, 2.24) is 31.1 Å². The molecule has 6 aromatic carbocycles. The van der Waals surface area contributed by atoms with Crippen molar-refractivity contribution in [1.29, 1.82) is 0 Å². The van der Waals surface area contributed by atoms with Gasteiger partial charge in [0.05, 0.1) is 22.3 Å². The van der Waals surface area contributed by atoms with Crippen LogP contribution in [0.5, 0.6) is 0 Å². The highest BCUT2D eigenvalue weighted by Gasteiger charge is 2.31. The van der Waals surface area contributed by atoms with E-state index in [-0.39, 0.29) is 137 Å². The van der Waals surface area contributed by atoms with E-state index >= 15 is 0 Å². The van der Waals surface area contributed by atoms with E-state index in [4.69, 9.17) is 32.7 Å². The zero-order valence-corrected chi connectivity index (χ0v) is 47.1. The highest BCUT2D eigenvalue weighted by molar-refractivity contribution is 6.30. The van der Waals surface area contributed by atoms with Gasteiger partial charge < -0.3 is 40.5 Å². The minimum absolute atomic E-state index is 0.107. The zero-order valence-electron chi connectivity index (χ0n) is 45.6. The molecule has 4 N–H and O–H groups in total. The molecule has 0 unspecified atom stereocenters. The number of amides is 6. The van der Waals surface area contributed by atoms with E-state index < -0.39 is 23.6 Å². The fraction of sp³-hybridized carbons (Fsp3) is 0.312. The van der Waals surface area contributed by atoms with Gasteiger partial charge in [0.2, 0.25) is 11.8 Å². The quantitative estimate of drug-likeness (QED) is 0.0284. The van der Waals surface area contributed by atoms with Gasteiger partial charge in [-0.25, -0.2) is 0 Å². The summed E-state index contributed by atoms with van der Waals surface area (Å²) < 4.78 is 10.8. The SMILES string of the molecule is O=C(CCCCNC(=O)c1cc2c(cc1C(=O)NCCc1ccc(Cl)cc1)CN(C(=O)CCC(=O)N1Cc3cc(C(=O)NCCCCC(=O)OCc4ccccc4)c(C(=O)NCCc4ccc(Cl)cc4)cc3C1)C2)OCc1ccccc1. The van der Waals surface area contributed by atoms with Gasteiger partial charge in [-0.1, -0.05) is 108 Å². The zero-order chi connectivity index (χ0) is 57.8. The Hall–Kier alpha value is -8.34. The van der Waals surface area contributed by atoms with E-state index in [9.17, 15) is 38.4 Å². The second-order valence-corrected chi connectivity index (χ2v) is 21.2. The third-order valence-corrected chi connectivity index (χ3v) is 14.8. The number of unbranched alkanes of at least 4 members (excludes halogenated alkanes) is 2. The maximum Gasteiger partial charge on any atom is 0.306 e. The number of hydrogen-bond donors (Lipinski definition) is 4. The molecule has 82 heavy (non-hydrogen) atoms. The van der Waals surface area contributed by atoms with Gasteiger partial charge in [0.25, 0.3) is 23.6 Å². The van der Waals surface area contributed by atoms with E-state index in [0.717, 1.165) is 22.3 Å². The lowest BCUT2D eigenvalue weighted by atomic mass is 9.98. The number of carbonyl (C=O) groups excluding carboxylic acids is 8. The maximum absolute atomic E-state index is 13.9. The first-order valence-electron chi connectivity index (χ1n) is 27.6. The minimum Gasteiger partial charge on any atom is -0.461 e. The predicted molar refractivity (Wildman–Crippen MR) is 310 cm³/mol. The van der Waals surface area contributed by atoms with Crippen molar-refractivity contribution in [2.24, 2.45) is 0 Å². The molecule has 0 saturated carbocycles. The van der Waals surface area contributed by atoms with Crippen molar-refractivity contribution < 1.29 is 47.8 Å². The average Bonchev–Trinajstić information content (AvgIpc) is 4.13. The number of nitrogens with one attached hydrogen (secondary N) is 4. The van der Waals surface area contributed by atoms with Crippen LogP contribution < -0.4 is 21.3 Å². The Morgan fingerprint density at radius 3 is 1.02 bits per heavy atom. The molecule has 2 aliphatic rings. The molecule has 6 aromatic rings. The summed E-state index contributed by atoms with van der Waals surface area (Å²) in [5, 5.41) is 12.9. The Balaban J connectivity index is 0.859. The van der Waals surface area contributed by atoms with Crippen LogP contribution in [0, 0.1) is 0 Å². The Bertz CT molecular complexity index is 3030. The number of fused-ring (bicyclic) bond motifs is 2. The minimum atomic E-state index is -0.472. The summed E-state index contributed by atoms with van der Waals surface area (Å²) in [6.07, 6.45) is 3.14. The number of carbonyl (C=O) groups is 8. The summed E-state index contributed by atoms with van der Waals surface area (Å²) in [5.74, 6) is -3.10. The third kappa shape index (κ3) is 17.6. The van der Waals surface area contributed by atoms with Crippen LogP contribution in [0.3, 0.4) is 0 Å². The van der Waals surface area contributed by atoms with E-state index in [1.165, 1.54) is 0 Å². The Labute approximate surface area is 487 Å². The molecule has 2 aliphatic heterocycles. The first kappa shape index (κ1) is 59.8. The number of benzene rings is 6. The average molecular weight is 1150 g/mol. The molecule has 0 spiro atoms. The van der Waals surface area contributed by atoms with Crippen LogP contribution in [0.1, 0.15) is 137 Å². The van der Waals surface area contributed by atoms with Crippen LogP contribution in [0.25, 0.3) is 0 Å². The Kier molecular flexibility index (Phi) is 21.8. The summed E-state index contributed by atoms with van der Waals surface area (Å²) in [4.78, 5) is 111. The molecular weight excluding hydrogens is 1080 g/mol. The first-order chi connectivity index (χ1) is 39.8. The second-order valence-electron chi connectivity index (χ2n) is 20.3. The Morgan fingerprint density at radius 1 is 0.378 bits per heavy atom. The molecule has 0 radical (unpaired) electrons. The van der Waals surface area contributed by atoms with Gasteiger partial charge in [-0.2, -0.15) is 0 Å². The number of hydrogen-bond acceptors (Lipinski definition) is 10. The summed E-state index contributed by atoms with van der Waals surface area (Å²) in [5.41, 5.74) is 7.11. The lowest BCUT2D eigenvalue weighted by Crippen LogP contribution is -2.31. The van der Waals surface area contributed by atoms with Crippen LogP contribution in [0.4, 0.5) is 0 Å². The molecule has 0 bridgehead atoms. The summed E-state index contributed by atoms with van der Waals surface area (Å²) in [6.45, 7) is 2.10. The topological polar surface area (TPSA) is 210 Å². The summed E-state index contributed by atoms with van der Waals surface area (Å²) >= 11 is 12.1. The monoisotopic (exact) mass is 1150 g/mol. The molecule has 426 valence electrons. The number of ether oxygens (including phenoxy) is 2.